The molecule has 12 nitrogen and oxygen atoms in total. The molecule has 3 saturated carbocycles. The third-order valence-corrected chi connectivity index (χ3v) is 15.7. The van der Waals surface area contributed by atoms with Gasteiger partial charge in [-0.2, -0.15) is 0 Å². The van der Waals surface area contributed by atoms with E-state index < -0.39 is 29.2 Å². The number of aromatic nitrogens is 1. The van der Waals surface area contributed by atoms with Gasteiger partial charge in [-0.3, -0.25) is 19.4 Å². The van der Waals surface area contributed by atoms with E-state index in [9.17, 15) is 19.5 Å². The molecule has 1 aromatic carbocycles. The summed E-state index contributed by atoms with van der Waals surface area (Å²) in [7, 11) is 4.93. The van der Waals surface area contributed by atoms with Crippen molar-refractivity contribution in [2.24, 2.45) is 40.9 Å². The molecule has 0 bridgehead atoms. The number of ether oxygens (including phenoxy) is 4. The van der Waals surface area contributed by atoms with Crippen molar-refractivity contribution >= 4 is 29.3 Å². The Morgan fingerprint density at radius 1 is 0.691 bits per heavy atom. The summed E-state index contributed by atoms with van der Waals surface area (Å²) in [6.45, 7) is 8.66. The Balaban J connectivity index is 1.61. The zero-order valence-electron chi connectivity index (χ0n) is 42.6. The molecule has 3 aliphatic rings. The Hall–Kier alpha value is -3.13. The van der Waals surface area contributed by atoms with E-state index in [4.69, 9.17) is 30.5 Å². The average molecular weight is 968 g/mol. The van der Waals surface area contributed by atoms with E-state index in [2.05, 4.69) is 41.7 Å². The Bertz CT molecular complexity index is 1800. The van der Waals surface area contributed by atoms with Crippen molar-refractivity contribution in [1.29, 1.82) is 0 Å². The second kappa shape index (κ2) is 27.5. The Morgan fingerprint density at radius 3 is 1.69 bits per heavy atom. The van der Waals surface area contributed by atoms with E-state index in [0.29, 0.717) is 37.1 Å². The quantitative estimate of drug-likeness (QED) is 0.0640. The van der Waals surface area contributed by atoms with Crippen LogP contribution in [0.5, 0.6) is 0 Å². The van der Waals surface area contributed by atoms with Gasteiger partial charge in [-0.1, -0.05) is 115 Å². The molecule has 1 heterocycles. The van der Waals surface area contributed by atoms with Crippen LogP contribution >= 0.6 is 11.6 Å². The molecular weight excluding hydrogens is 880 g/mol. The average Bonchev–Trinajstić information content (AvgIpc) is 3.36. The molecule has 1 aromatic heterocycles. The number of methoxy groups -OCH3 is 3. The van der Waals surface area contributed by atoms with Gasteiger partial charge >= 0.3 is 0 Å². The topological polar surface area (TPSA) is 157 Å². The molecule has 382 valence electrons. The number of halogens is 1. The zero-order chi connectivity index (χ0) is 49.2. The third-order valence-electron chi connectivity index (χ3n) is 15.4. The summed E-state index contributed by atoms with van der Waals surface area (Å²) in [4.78, 5) is 47.2. The highest BCUT2D eigenvalue weighted by atomic mass is 35.5. The first-order chi connectivity index (χ1) is 32.7. The van der Waals surface area contributed by atoms with Crippen molar-refractivity contribution in [1.82, 2.24) is 20.9 Å². The van der Waals surface area contributed by atoms with Gasteiger partial charge in [-0.25, -0.2) is 0 Å². The lowest BCUT2D eigenvalue weighted by molar-refractivity contribution is -0.189. The molecule has 7 unspecified atom stereocenters. The minimum Gasteiger partial charge on any atom is -0.396 e. The summed E-state index contributed by atoms with van der Waals surface area (Å²) in [6, 6.07) is 11.8. The monoisotopic (exact) mass is 967 g/mol. The van der Waals surface area contributed by atoms with Crippen LogP contribution in [0.3, 0.4) is 0 Å². The van der Waals surface area contributed by atoms with Crippen molar-refractivity contribution in [2.45, 2.75) is 186 Å². The van der Waals surface area contributed by atoms with Gasteiger partial charge in [0.05, 0.1) is 12.2 Å². The van der Waals surface area contributed by atoms with Crippen LogP contribution in [0.2, 0.25) is 5.02 Å². The summed E-state index contributed by atoms with van der Waals surface area (Å²) in [5, 5.41) is 21.5. The normalized spacial score (nSPS) is 21.1. The van der Waals surface area contributed by atoms with E-state index in [1.165, 1.54) is 0 Å². The molecule has 5 rings (SSSR count). The van der Waals surface area contributed by atoms with Crippen LogP contribution in [0.25, 0.3) is 0 Å². The molecule has 7 atom stereocenters. The highest BCUT2D eigenvalue weighted by molar-refractivity contribution is 6.30. The fraction of sp³-hybridized carbons (Fsp3) is 0.745. The Labute approximate surface area is 413 Å². The third kappa shape index (κ3) is 15.7. The van der Waals surface area contributed by atoms with Crippen molar-refractivity contribution in [2.75, 3.05) is 34.5 Å². The van der Waals surface area contributed by atoms with Crippen molar-refractivity contribution in [3.8, 4) is 0 Å². The number of hydrogen-bond acceptors (Lipinski definition) is 9. The Morgan fingerprint density at radius 2 is 1.22 bits per heavy atom. The maximum Gasteiger partial charge on any atom is 0.225 e. The van der Waals surface area contributed by atoms with Gasteiger partial charge in [-0.15, -0.1) is 0 Å². The first kappa shape index (κ1) is 55.8. The highest BCUT2D eigenvalue weighted by Gasteiger charge is 2.56. The van der Waals surface area contributed by atoms with Crippen LogP contribution < -0.4 is 16.0 Å². The summed E-state index contributed by atoms with van der Waals surface area (Å²) in [5.74, 6) is -0.623. The van der Waals surface area contributed by atoms with E-state index in [1.807, 2.05) is 49.5 Å². The number of aliphatic hydroxyl groups is 1. The van der Waals surface area contributed by atoms with Gasteiger partial charge < -0.3 is 40.0 Å². The van der Waals surface area contributed by atoms with Crippen LogP contribution in [0, 0.1) is 40.9 Å². The van der Waals surface area contributed by atoms with E-state index in [-0.39, 0.29) is 72.9 Å². The second-order valence-corrected chi connectivity index (χ2v) is 21.9. The predicted molar refractivity (Wildman–Crippen MR) is 268 cm³/mol. The molecule has 4 N–H and O–H groups in total. The SMILES string of the molecule is COC(CC(CC(C)C)(OCC(C)CC(Cc1ccc(Cl)cc1)(CC(NC(=O)C1CCCCC1)OC)C(CC(C)CO)(NC(=O)C1CCCCC1)OC)c1cccnc1)NC(=O)C1CCCCC1. The standard InChI is InChI=1S/C55H87ClN4O8/c1-39(2)30-54(46-24-17-29-57-36-46,35-49(66-6)59-51(63)44-20-13-9-14-21-44)68-38-41(4)31-53(33-42-25-27-47(56)28-26-42,34-48(65-5)58-50(62)43-18-11-8-12-19-43)55(67-7,32-40(3)37-61)60-52(64)45-22-15-10-16-23-45/h17,24-29,36,39-41,43-45,48-49,61H,8-16,18-23,30-35,37-38H2,1-7H3,(H,58,62)(H,59,63)(H,60,64). The van der Waals surface area contributed by atoms with Crippen LogP contribution in [0.1, 0.15) is 167 Å². The number of rotatable bonds is 27. The highest BCUT2D eigenvalue weighted by Crippen LogP contribution is 2.50. The number of hydrogen-bond donors (Lipinski definition) is 4. The number of carbonyl (C=O) groups excluding carboxylic acids is 3. The van der Waals surface area contributed by atoms with Crippen LogP contribution in [0.15, 0.2) is 48.8 Å². The van der Waals surface area contributed by atoms with Gasteiger partial charge in [0, 0.05) is 93.3 Å². The molecular formula is C55H87ClN4O8. The minimum absolute atomic E-state index is 0.0214. The number of nitrogens with zero attached hydrogens (tertiary/aromatic N) is 1. The van der Waals surface area contributed by atoms with Gasteiger partial charge in [-0.05, 0) is 99.3 Å². The molecule has 0 aliphatic heterocycles. The van der Waals surface area contributed by atoms with Crippen LogP contribution in [-0.4, -0.2) is 80.5 Å². The number of carbonyl (C=O) groups is 3. The lowest BCUT2D eigenvalue weighted by atomic mass is 9.62. The first-order valence-electron chi connectivity index (χ1n) is 26.1. The fourth-order valence-electron chi connectivity index (χ4n) is 11.8. The van der Waals surface area contributed by atoms with Crippen LogP contribution in [-0.2, 0) is 45.4 Å². The molecule has 3 aliphatic carbocycles. The van der Waals surface area contributed by atoms with Crippen molar-refractivity contribution in [3.63, 3.8) is 0 Å². The number of benzene rings is 1. The van der Waals surface area contributed by atoms with Gasteiger partial charge in [0.25, 0.3) is 0 Å². The predicted octanol–water partition coefficient (Wildman–Crippen LogP) is 10.4. The largest absolute Gasteiger partial charge is 0.396 e. The number of aliphatic hydroxyl groups excluding tert-OH is 1. The number of pyridine rings is 1. The summed E-state index contributed by atoms with van der Waals surface area (Å²) < 4.78 is 26.7. The maximum atomic E-state index is 14.8. The molecule has 3 amide bonds. The number of amides is 3. The molecule has 0 spiro atoms. The van der Waals surface area contributed by atoms with E-state index in [0.717, 1.165) is 107 Å². The minimum atomic E-state index is -1.34. The fourth-order valence-corrected chi connectivity index (χ4v) is 12.0. The molecule has 68 heavy (non-hydrogen) atoms. The lowest BCUT2D eigenvalue weighted by Gasteiger charge is -2.54. The molecule has 2 aromatic rings. The molecule has 3 fully saturated rings. The molecule has 13 heteroatoms. The maximum absolute atomic E-state index is 14.8. The van der Waals surface area contributed by atoms with Crippen molar-refractivity contribution < 1.29 is 38.4 Å². The summed E-state index contributed by atoms with van der Waals surface area (Å²) in [6.07, 6.45) is 19.2. The zero-order valence-corrected chi connectivity index (χ0v) is 43.4. The summed E-state index contributed by atoms with van der Waals surface area (Å²) >= 11 is 6.52. The van der Waals surface area contributed by atoms with E-state index >= 15 is 0 Å². The van der Waals surface area contributed by atoms with Crippen LogP contribution in [0.4, 0.5) is 0 Å². The molecule has 0 radical (unpaired) electrons. The van der Waals surface area contributed by atoms with Gasteiger partial charge in [0.15, 0.2) is 0 Å². The van der Waals surface area contributed by atoms with Crippen molar-refractivity contribution in [3.05, 3.63) is 64.9 Å². The lowest BCUT2D eigenvalue weighted by Crippen LogP contribution is -2.66. The van der Waals surface area contributed by atoms with Gasteiger partial charge in [0.1, 0.15) is 18.2 Å². The first-order valence-corrected chi connectivity index (χ1v) is 26.5. The van der Waals surface area contributed by atoms with Gasteiger partial charge in [0.2, 0.25) is 17.7 Å². The number of nitrogens with one attached hydrogen (secondary N) is 3. The second-order valence-electron chi connectivity index (χ2n) is 21.4. The molecule has 0 saturated heterocycles. The Kier molecular flexibility index (Phi) is 22.5. The van der Waals surface area contributed by atoms with E-state index in [1.54, 1.807) is 27.5 Å². The smallest absolute Gasteiger partial charge is 0.225 e. The summed E-state index contributed by atoms with van der Waals surface area (Å²) in [5.41, 5.74) is -1.34.